The molecule has 1 unspecified atom stereocenters. The fourth-order valence-corrected chi connectivity index (χ4v) is 3.21. The molecule has 1 saturated heterocycles. The monoisotopic (exact) mass is 331 g/mol. The van der Waals surface area contributed by atoms with E-state index >= 15 is 0 Å². The van der Waals surface area contributed by atoms with Gasteiger partial charge in [0.15, 0.2) is 6.19 Å². The smallest absolute Gasteiger partial charge is 0.257 e. The SMILES string of the molecule is N#CN1CCC(n2cnc(-c3ccc(-c4ccccc4)[nH]c3=O)c2)C1. The van der Waals surface area contributed by atoms with Gasteiger partial charge in [-0.1, -0.05) is 30.3 Å². The molecule has 3 aromatic rings. The number of imidazole rings is 1. The first-order valence-corrected chi connectivity index (χ1v) is 8.22. The normalized spacial score (nSPS) is 16.8. The summed E-state index contributed by atoms with van der Waals surface area (Å²) in [5.74, 6) is 0. The van der Waals surface area contributed by atoms with Crippen molar-refractivity contribution in [2.75, 3.05) is 13.1 Å². The van der Waals surface area contributed by atoms with E-state index in [0.717, 1.165) is 24.2 Å². The summed E-state index contributed by atoms with van der Waals surface area (Å²) < 4.78 is 2.00. The molecule has 1 aliphatic rings. The van der Waals surface area contributed by atoms with Gasteiger partial charge in [0.25, 0.3) is 5.56 Å². The van der Waals surface area contributed by atoms with Crippen LogP contribution in [0, 0.1) is 11.5 Å². The molecule has 124 valence electrons. The number of aromatic nitrogens is 3. The van der Waals surface area contributed by atoms with Gasteiger partial charge in [-0.05, 0) is 24.1 Å². The molecular formula is C19H17N5O. The summed E-state index contributed by atoms with van der Waals surface area (Å²) in [5, 5.41) is 8.98. The molecule has 1 fully saturated rings. The van der Waals surface area contributed by atoms with Gasteiger partial charge in [-0.3, -0.25) is 4.79 Å². The fourth-order valence-electron chi connectivity index (χ4n) is 3.21. The van der Waals surface area contributed by atoms with Crippen molar-refractivity contribution in [1.29, 1.82) is 5.26 Å². The first-order chi connectivity index (χ1) is 12.2. The minimum atomic E-state index is -0.156. The van der Waals surface area contributed by atoms with Crippen molar-refractivity contribution >= 4 is 0 Å². The van der Waals surface area contributed by atoms with Crippen LogP contribution < -0.4 is 5.56 Å². The molecule has 0 aliphatic carbocycles. The molecule has 1 aliphatic heterocycles. The third-order valence-electron chi connectivity index (χ3n) is 4.60. The number of hydrogen-bond acceptors (Lipinski definition) is 4. The summed E-state index contributed by atoms with van der Waals surface area (Å²) in [5.41, 5.74) is 2.80. The molecular weight excluding hydrogens is 314 g/mol. The second-order valence-corrected chi connectivity index (χ2v) is 6.18. The zero-order chi connectivity index (χ0) is 17.2. The van der Waals surface area contributed by atoms with Gasteiger partial charge in [0.05, 0.1) is 23.6 Å². The van der Waals surface area contributed by atoms with Gasteiger partial charge in [-0.25, -0.2) is 4.98 Å². The lowest BCUT2D eigenvalue weighted by molar-refractivity contribution is 0.447. The highest BCUT2D eigenvalue weighted by Crippen LogP contribution is 2.24. The Bertz CT molecular complexity index is 983. The molecule has 1 aromatic carbocycles. The minimum absolute atomic E-state index is 0.156. The van der Waals surface area contributed by atoms with E-state index in [1.165, 1.54) is 0 Å². The molecule has 0 radical (unpaired) electrons. The zero-order valence-electron chi connectivity index (χ0n) is 13.6. The second kappa shape index (κ2) is 6.29. The highest BCUT2D eigenvalue weighted by molar-refractivity contribution is 5.64. The van der Waals surface area contributed by atoms with Crippen LogP contribution in [0.4, 0.5) is 0 Å². The Labute approximate surface area is 145 Å². The molecule has 2 aromatic heterocycles. The lowest BCUT2D eigenvalue weighted by Crippen LogP contribution is -2.15. The van der Waals surface area contributed by atoms with Crippen LogP contribution >= 0.6 is 0 Å². The molecule has 3 heterocycles. The van der Waals surface area contributed by atoms with Crippen molar-refractivity contribution < 1.29 is 0 Å². The van der Waals surface area contributed by atoms with Gasteiger partial charge in [0.2, 0.25) is 0 Å². The molecule has 25 heavy (non-hydrogen) atoms. The lowest BCUT2D eigenvalue weighted by atomic mass is 10.1. The third kappa shape index (κ3) is 2.92. The van der Waals surface area contributed by atoms with Gasteiger partial charge in [0, 0.05) is 25.0 Å². The largest absolute Gasteiger partial charge is 0.332 e. The van der Waals surface area contributed by atoms with Crippen LogP contribution in [0.5, 0.6) is 0 Å². The fraction of sp³-hybridized carbons (Fsp3) is 0.211. The van der Waals surface area contributed by atoms with Crippen LogP contribution in [0.1, 0.15) is 12.5 Å². The lowest BCUT2D eigenvalue weighted by Gasteiger charge is -2.10. The maximum Gasteiger partial charge on any atom is 0.257 e. The van der Waals surface area contributed by atoms with Crippen molar-refractivity contribution in [3.63, 3.8) is 0 Å². The number of benzene rings is 1. The summed E-state index contributed by atoms with van der Waals surface area (Å²) >= 11 is 0. The van der Waals surface area contributed by atoms with E-state index < -0.39 is 0 Å². The number of hydrogen-bond donors (Lipinski definition) is 1. The van der Waals surface area contributed by atoms with Gasteiger partial charge in [-0.2, -0.15) is 5.26 Å². The molecule has 1 atom stereocenters. The molecule has 0 saturated carbocycles. The van der Waals surface area contributed by atoms with Gasteiger partial charge in [-0.15, -0.1) is 0 Å². The molecule has 1 N–H and O–H groups in total. The van der Waals surface area contributed by atoms with E-state index in [2.05, 4.69) is 16.2 Å². The summed E-state index contributed by atoms with van der Waals surface area (Å²) in [6, 6.07) is 13.7. The van der Waals surface area contributed by atoms with Gasteiger partial charge < -0.3 is 14.5 Å². The molecule has 6 heteroatoms. The average molecular weight is 331 g/mol. The van der Waals surface area contributed by atoms with Crippen LogP contribution in [0.15, 0.2) is 59.8 Å². The predicted molar refractivity (Wildman–Crippen MR) is 94.6 cm³/mol. The molecule has 0 spiro atoms. The highest BCUT2D eigenvalue weighted by Gasteiger charge is 2.23. The number of nitrogens with zero attached hydrogens (tertiary/aromatic N) is 4. The van der Waals surface area contributed by atoms with E-state index in [0.29, 0.717) is 17.8 Å². The number of nitriles is 1. The zero-order valence-corrected chi connectivity index (χ0v) is 13.6. The van der Waals surface area contributed by atoms with Crippen molar-refractivity contribution in [2.45, 2.75) is 12.5 Å². The number of likely N-dealkylation sites (tertiary alicyclic amines) is 1. The topological polar surface area (TPSA) is 77.7 Å². The maximum atomic E-state index is 12.5. The minimum Gasteiger partial charge on any atom is -0.332 e. The Morgan fingerprint density at radius 2 is 2.04 bits per heavy atom. The standard InChI is InChI=1S/C19H17N5O/c20-12-23-9-8-15(10-23)24-11-18(21-13-24)16-6-7-17(22-19(16)25)14-4-2-1-3-5-14/h1-7,11,13,15H,8-10H2,(H,22,25). The van der Waals surface area contributed by atoms with E-state index in [-0.39, 0.29) is 11.6 Å². The predicted octanol–water partition coefficient (Wildman–Crippen LogP) is 2.63. The Kier molecular flexibility index (Phi) is 3.82. The summed E-state index contributed by atoms with van der Waals surface area (Å²) in [6.07, 6.45) is 6.72. The summed E-state index contributed by atoms with van der Waals surface area (Å²) in [6.45, 7) is 1.45. The van der Waals surface area contributed by atoms with Crippen molar-refractivity contribution in [1.82, 2.24) is 19.4 Å². The number of H-pyrrole nitrogens is 1. The Morgan fingerprint density at radius 1 is 1.20 bits per heavy atom. The van der Waals surface area contributed by atoms with Crippen molar-refractivity contribution in [3.8, 4) is 28.7 Å². The third-order valence-corrected chi connectivity index (χ3v) is 4.60. The van der Waals surface area contributed by atoms with Gasteiger partial charge in [0.1, 0.15) is 0 Å². The molecule has 0 amide bonds. The summed E-state index contributed by atoms with van der Waals surface area (Å²) in [4.78, 5) is 21.5. The second-order valence-electron chi connectivity index (χ2n) is 6.18. The van der Waals surface area contributed by atoms with Crippen LogP contribution in [0.2, 0.25) is 0 Å². The van der Waals surface area contributed by atoms with Crippen LogP contribution in [-0.2, 0) is 0 Å². The maximum absolute atomic E-state index is 12.5. The first-order valence-electron chi connectivity index (χ1n) is 8.22. The molecule has 4 rings (SSSR count). The van der Waals surface area contributed by atoms with Crippen LogP contribution in [0.3, 0.4) is 0 Å². The van der Waals surface area contributed by atoms with Crippen molar-refractivity contribution in [3.05, 3.63) is 65.3 Å². The summed E-state index contributed by atoms with van der Waals surface area (Å²) in [7, 11) is 0. The Hall–Kier alpha value is -3.33. The molecule has 6 nitrogen and oxygen atoms in total. The highest BCUT2D eigenvalue weighted by atomic mass is 16.1. The number of rotatable bonds is 3. The van der Waals surface area contributed by atoms with E-state index in [1.54, 1.807) is 11.2 Å². The Morgan fingerprint density at radius 3 is 2.76 bits per heavy atom. The molecule has 0 bridgehead atoms. The van der Waals surface area contributed by atoms with E-state index in [4.69, 9.17) is 5.26 Å². The van der Waals surface area contributed by atoms with Gasteiger partial charge >= 0.3 is 0 Å². The number of aromatic amines is 1. The Balaban J connectivity index is 1.61. The van der Waals surface area contributed by atoms with E-state index in [9.17, 15) is 4.79 Å². The quantitative estimate of drug-likeness (QED) is 0.749. The van der Waals surface area contributed by atoms with Crippen LogP contribution in [-0.4, -0.2) is 32.5 Å². The van der Waals surface area contributed by atoms with Crippen molar-refractivity contribution in [2.24, 2.45) is 0 Å². The number of pyridine rings is 1. The number of nitrogens with one attached hydrogen (secondary N) is 1. The van der Waals surface area contributed by atoms with Crippen LogP contribution in [0.25, 0.3) is 22.5 Å². The average Bonchev–Trinajstić information content (AvgIpc) is 3.31. The van der Waals surface area contributed by atoms with E-state index in [1.807, 2.05) is 53.2 Å². The first kappa shape index (κ1) is 15.2.